The zero-order valence-electron chi connectivity index (χ0n) is 9.73. The predicted molar refractivity (Wildman–Crippen MR) is 61.3 cm³/mol. The van der Waals surface area contributed by atoms with Crippen molar-refractivity contribution in [2.45, 2.75) is 27.3 Å². The molecule has 16 heavy (non-hydrogen) atoms. The molecule has 0 aliphatic rings. The molecule has 0 saturated carbocycles. The second kappa shape index (κ2) is 4.02. The SMILES string of the molecule is Cc1cnn(-c2nnc(C)c(C)c2CN)c1. The molecule has 0 saturated heterocycles. The van der Waals surface area contributed by atoms with Gasteiger partial charge in [0.25, 0.3) is 0 Å². The highest BCUT2D eigenvalue weighted by Crippen LogP contribution is 2.16. The first-order chi connectivity index (χ1) is 7.63. The summed E-state index contributed by atoms with van der Waals surface area (Å²) in [6.45, 7) is 6.36. The number of aryl methyl sites for hydroxylation is 2. The zero-order chi connectivity index (χ0) is 11.7. The van der Waals surface area contributed by atoms with Crippen molar-refractivity contribution in [3.8, 4) is 5.82 Å². The van der Waals surface area contributed by atoms with E-state index in [4.69, 9.17) is 5.73 Å². The summed E-state index contributed by atoms with van der Waals surface area (Å²) in [5, 5.41) is 12.5. The Morgan fingerprint density at radius 1 is 1.25 bits per heavy atom. The maximum atomic E-state index is 5.76. The second-order valence-corrected chi connectivity index (χ2v) is 3.88. The lowest BCUT2D eigenvalue weighted by Gasteiger charge is -2.10. The average Bonchev–Trinajstić information content (AvgIpc) is 2.68. The molecule has 0 fully saturated rings. The van der Waals surface area contributed by atoms with Gasteiger partial charge in [0.15, 0.2) is 5.82 Å². The number of hydrogen-bond acceptors (Lipinski definition) is 4. The summed E-state index contributed by atoms with van der Waals surface area (Å²) in [5.41, 5.74) is 9.83. The lowest BCUT2D eigenvalue weighted by Crippen LogP contribution is -2.12. The Balaban J connectivity index is 2.61. The van der Waals surface area contributed by atoms with E-state index in [-0.39, 0.29) is 0 Å². The number of rotatable bonds is 2. The summed E-state index contributed by atoms with van der Waals surface area (Å²) in [7, 11) is 0. The molecule has 2 aromatic rings. The third-order valence-electron chi connectivity index (χ3n) is 2.69. The molecule has 5 heteroatoms. The zero-order valence-corrected chi connectivity index (χ0v) is 9.73. The van der Waals surface area contributed by atoms with Gasteiger partial charge in [-0.25, -0.2) is 4.68 Å². The molecule has 0 atom stereocenters. The Bertz CT molecular complexity index is 515. The quantitative estimate of drug-likeness (QED) is 0.816. The molecule has 5 nitrogen and oxygen atoms in total. The Kier molecular flexibility index (Phi) is 2.70. The third kappa shape index (κ3) is 1.69. The monoisotopic (exact) mass is 217 g/mol. The van der Waals surface area contributed by atoms with Crippen LogP contribution < -0.4 is 5.73 Å². The molecule has 0 aliphatic heterocycles. The summed E-state index contributed by atoms with van der Waals surface area (Å²) >= 11 is 0. The van der Waals surface area contributed by atoms with Crippen LogP contribution in [-0.2, 0) is 6.54 Å². The van der Waals surface area contributed by atoms with Crippen LogP contribution in [0.25, 0.3) is 5.82 Å². The Labute approximate surface area is 94.3 Å². The van der Waals surface area contributed by atoms with Gasteiger partial charge in [0.05, 0.1) is 11.9 Å². The van der Waals surface area contributed by atoms with Crippen LogP contribution in [-0.4, -0.2) is 20.0 Å². The first-order valence-corrected chi connectivity index (χ1v) is 5.18. The third-order valence-corrected chi connectivity index (χ3v) is 2.69. The molecular weight excluding hydrogens is 202 g/mol. The van der Waals surface area contributed by atoms with Crippen LogP contribution in [0.3, 0.4) is 0 Å². The van der Waals surface area contributed by atoms with Crippen LogP contribution in [0.15, 0.2) is 12.4 Å². The molecular formula is C11H15N5. The van der Waals surface area contributed by atoms with Gasteiger partial charge in [-0.05, 0) is 31.9 Å². The molecule has 0 aliphatic carbocycles. The fourth-order valence-corrected chi connectivity index (χ4v) is 1.60. The topological polar surface area (TPSA) is 69.6 Å². The second-order valence-electron chi connectivity index (χ2n) is 3.88. The minimum Gasteiger partial charge on any atom is -0.326 e. The molecule has 0 aromatic carbocycles. The van der Waals surface area contributed by atoms with Gasteiger partial charge in [-0.3, -0.25) is 0 Å². The molecule has 2 rings (SSSR count). The van der Waals surface area contributed by atoms with E-state index in [0.29, 0.717) is 6.54 Å². The molecule has 0 unspecified atom stereocenters. The van der Waals surface area contributed by atoms with Gasteiger partial charge in [-0.1, -0.05) is 0 Å². The van der Waals surface area contributed by atoms with Crippen molar-refractivity contribution in [3.05, 3.63) is 34.8 Å². The van der Waals surface area contributed by atoms with E-state index in [1.54, 1.807) is 10.9 Å². The molecule has 0 radical (unpaired) electrons. The Hall–Kier alpha value is -1.75. The Morgan fingerprint density at radius 3 is 2.56 bits per heavy atom. The molecule has 0 bridgehead atoms. The molecule has 84 valence electrons. The molecule has 2 N–H and O–H groups in total. The number of nitrogens with two attached hydrogens (primary N) is 1. The van der Waals surface area contributed by atoms with E-state index in [0.717, 1.165) is 28.2 Å². The van der Waals surface area contributed by atoms with Crippen molar-refractivity contribution in [2.24, 2.45) is 5.73 Å². The highest BCUT2D eigenvalue weighted by atomic mass is 15.3. The van der Waals surface area contributed by atoms with Crippen LogP contribution in [0.4, 0.5) is 0 Å². The van der Waals surface area contributed by atoms with Crippen molar-refractivity contribution in [1.29, 1.82) is 0 Å². The minimum atomic E-state index is 0.441. The van der Waals surface area contributed by atoms with Crippen LogP contribution in [0, 0.1) is 20.8 Å². The number of aromatic nitrogens is 4. The Morgan fingerprint density at radius 2 is 2.00 bits per heavy atom. The van der Waals surface area contributed by atoms with Gasteiger partial charge in [-0.15, -0.1) is 5.10 Å². The fraction of sp³-hybridized carbons (Fsp3) is 0.364. The van der Waals surface area contributed by atoms with E-state index < -0.39 is 0 Å². The van der Waals surface area contributed by atoms with Crippen LogP contribution >= 0.6 is 0 Å². The fourth-order valence-electron chi connectivity index (χ4n) is 1.60. The van der Waals surface area contributed by atoms with E-state index in [1.165, 1.54) is 0 Å². The predicted octanol–water partition coefficient (Wildman–Crippen LogP) is 1.05. The van der Waals surface area contributed by atoms with Gasteiger partial charge in [0, 0.05) is 18.3 Å². The first kappa shape index (κ1) is 10.8. The van der Waals surface area contributed by atoms with Crippen molar-refractivity contribution in [2.75, 3.05) is 0 Å². The van der Waals surface area contributed by atoms with Crippen molar-refractivity contribution < 1.29 is 0 Å². The van der Waals surface area contributed by atoms with Gasteiger partial charge < -0.3 is 5.73 Å². The highest BCUT2D eigenvalue weighted by Gasteiger charge is 2.11. The van der Waals surface area contributed by atoms with Crippen LogP contribution in [0.5, 0.6) is 0 Å². The summed E-state index contributed by atoms with van der Waals surface area (Å²) in [6, 6.07) is 0. The van der Waals surface area contributed by atoms with E-state index in [2.05, 4.69) is 15.3 Å². The first-order valence-electron chi connectivity index (χ1n) is 5.18. The van der Waals surface area contributed by atoms with Gasteiger partial charge in [-0.2, -0.15) is 10.2 Å². The molecule has 2 aromatic heterocycles. The van der Waals surface area contributed by atoms with Crippen molar-refractivity contribution in [3.63, 3.8) is 0 Å². The van der Waals surface area contributed by atoms with Gasteiger partial charge in [0.2, 0.25) is 0 Å². The number of nitrogens with zero attached hydrogens (tertiary/aromatic N) is 4. The maximum Gasteiger partial charge on any atom is 0.180 e. The van der Waals surface area contributed by atoms with E-state index >= 15 is 0 Å². The van der Waals surface area contributed by atoms with Crippen LogP contribution in [0.2, 0.25) is 0 Å². The van der Waals surface area contributed by atoms with E-state index in [1.807, 2.05) is 27.0 Å². The summed E-state index contributed by atoms with van der Waals surface area (Å²) in [5.74, 6) is 0.721. The largest absolute Gasteiger partial charge is 0.326 e. The molecule has 2 heterocycles. The minimum absolute atomic E-state index is 0.441. The number of hydrogen-bond donors (Lipinski definition) is 1. The van der Waals surface area contributed by atoms with E-state index in [9.17, 15) is 0 Å². The maximum absolute atomic E-state index is 5.76. The lowest BCUT2D eigenvalue weighted by atomic mass is 10.1. The van der Waals surface area contributed by atoms with Crippen LogP contribution in [0.1, 0.15) is 22.4 Å². The summed E-state index contributed by atoms with van der Waals surface area (Å²) in [4.78, 5) is 0. The lowest BCUT2D eigenvalue weighted by molar-refractivity contribution is 0.775. The standard InChI is InChI=1S/C11H15N5/c1-7-5-13-16(6-7)11-10(4-12)8(2)9(3)14-15-11/h5-6H,4,12H2,1-3H3. The van der Waals surface area contributed by atoms with Crippen molar-refractivity contribution >= 4 is 0 Å². The smallest absolute Gasteiger partial charge is 0.180 e. The normalized spacial score (nSPS) is 10.8. The highest BCUT2D eigenvalue weighted by molar-refractivity contribution is 5.40. The summed E-state index contributed by atoms with van der Waals surface area (Å²) < 4.78 is 1.72. The van der Waals surface area contributed by atoms with Gasteiger partial charge in [0.1, 0.15) is 0 Å². The van der Waals surface area contributed by atoms with Crippen molar-refractivity contribution in [1.82, 2.24) is 20.0 Å². The van der Waals surface area contributed by atoms with Gasteiger partial charge >= 0.3 is 0 Å². The summed E-state index contributed by atoms with van der Waals surface area (Å²) in [6.07, 6.45) is 3.70. The molecule has 0 amide bonds. The molecule has 0 spiro atoms. The average molecular weight is 217 g/mol.